The molecule has 2 saturated heterocycles. The summed E-state index contributed by atoms with van der Waals surface area (Å²) in [6.45, 7) is 13.9. The molecule has 0 N–H and O–H groups in total. The summed E-state index contributed by atoms with van der Waals surface area (Å²) in [4.78, 5) is 0. The molecule has 2 heterocycles. The number of ether oxygens (including phenoxy) is 1. The molecule has 19 heavy (non-hydrogen) atoms. The number of hydrogen-bond acceptors (Lipinski definition) is 2. The Morgan fingerprint density at radius 3 is 2.58 bits per heavy atom. The van der Waals surface area contributed by atoms with Crippen molar-refractivity contribution in [3.8, 4) is 0 Å². The Hall–Kier alpha value is -0.123. The molecule has 0 unspecified atom stereocenters. The molecule has 0 aromatic heterocycles. The van der Waals surface area contributed by atoms with E-state index in [1.54, 1.807) is 0 Å². The molecule has 5 atom stereocenters. The van der Waals surface area contributed by atoms with Crippen LogP contribution in [0.2, 0.25) is 18.1 Å². The Morgan fingerprint density at radius 1 is 1.26 bits per heavy atom. The van der Waals surface area contributed by atoms with E-state index in [4.69, 9.17) is 9.16 Å². The fourth-order valence-corrected chi connectivity index (χ4v) is 5.10. The van der Waals surface area contributed by atoms with Gasteiger partial charge in [-0.3, -0.25) is 0 Å². The average Bonchev–Trinajstić information content (AvgIpc) is 2.87. The molecule has 3 rings (SSSR count). The fourth-order valence-electron chi connectivity index (χ4n) is 3.84. The number of rotatable bonds is 2. The molecule has 0 spiro atoms. The molecule has 0 amide bonds. The zero-order valence-electron chi connectivity index (χ0n) is 13.2. The summed E-state index contributed by atoms with van der Waals surface area (Å²) in [7, 11) is -1.70. The highest BCUT2D eigenvalue weighted by molar-refractivity contribution is 6.74. The highest BCUT2D eigenvalue weighted by atomic mass is 28.4. The molecule has 0 saturated carbocycles. The minimum absolute atomic E-state index is 0.0614. The van der Waals surface area contributed by atoms with Crippen molar-refractivity contribution in [2.45, 2.75) is 76.5 Å². The lowest BCUT2D eigenvalue weighted by Crippen LogP contribution is -2.48. The van der Waals surface area contributed by atoms with E-state index in [0.29, 0.717) is 17.9 Å². The summed E-state index contributed by atoms with van der Waals surface area (Å²) in [5.41, 5.74) is 0.0614. The third-order valence-corrected chi connectivity index (χ3v) is 10.5. The predicted molar refractivity (Wildman–Crippen MR) is 80.7 cm³/mol. The van der Waals surface area contributed by atoms with Crippen molar-refractivity contribution < 1.29 is 9.16 Å². The average molecular weight is 280 g/mol. The minimum Gasteiger partial charge on any atom is -0.410 e. The molecule has 2 aliphatic heterocycles. The second-order valence-corrected chi connectivity index (χ2v) is 13.1. The largest absolute Gasteiger partial charge is 0.410 e. The van der Waals surface area contributed by atoms with Gasteiger partial charge >= 0.3 is 0 Å². The number of fused-ring (bicyclic) bond motifs is 5. The Morgan fingerprint density at radius 2 is 1.95 bits per heavy atom. The van der Waals surface area contributed by atoms with Crippen molar-refractivity contribution in [2.24, 2.45) is 11.8 Å². The first-order chi connectivity index (χ1) is 8.64. The molecule has 108 valence electrons. The molecule has 2 bridgehead atoms. The Labute approximate surface area is 118 Å². The van der Waals surface area contributed by atoms with Gasteiger partial charge in [-0.25, -0.2) is 0 Å². The van der Waals surface area contributed by atoms with Crippen molar-refractivity contribution >= 4 is 8.32 Å². The highest BCUT2D eigenvalue weighted by Gasteiger charge is 2.60. The van der Waals surface area contributed by atoms with Gasteiger partial charge in [-0.15, -0.1) is 0 Å². The molecule has 1 aliphatic carbocycles. The van der Waals surface area contributed by atoms with Crippen LogP contribution < -0.4 is 0 Å². The van der Waals surface area contributed by atoms with Gasteiger partial charge in [-0.2, -0.15) is 0 Å². The van der Waals surface area contributed by atoms with Crippen LogP contribution in [-0.4, -0.2) is 26.1 Å². The summed E-state index contributed by atoms with van der Waals surface area (Å²) in [6, 6.07) is 0. The van der Waals surface area contributed by atoms with Crippen LogP contribution in [0.3, 0.4) is 0 Å². The Kier molecular flexibility index (Phi) is 2.88. The first kappa shape index (κ1) is 13.8. The van der Waals surface area contributed by atoms with Gasteiger partial charge in [0.2, 0.25) is 0 Å². The zero-order chi connectivity index (χ0) is 14.1. The van der Waals surface area contributed by atoms with Gasteiger partial charge in [0, 0.05) is 11.8 Å². The summed E-state index contributed by atoms with van der Waals surface area (Å²) >= 11 is 0. The quantitative estimate of drug-likeness (QED) is 0.559. The molecule has 0 aromatic carbocycles. The van der Waals surface area contributed by atoms with Gasteiger partial charge in [0.05, 0.1) is 17.8 Å². The first-order valence-corrected chi connectivity index (χ1v) is 10.6. The van der Waals surface area contributed by atoms with Crippen LogP contribution in [0.1, 0.15) is 40.5 Å². The van der Waals surface area contributed by atoms with Crippen molar-refractivity contribution in [2.75, 3.05) is 0 Å². The SMILES string of the molecule is CC(C)(C)[Si](C)(C)O[C@H]1C=C[C@H]2[C@@H]1[C@@]1(C)CC[C@@H]2O1. The van der Waals surface area contributed by atoms with Crippen LogP contribution in [0.15, 0.2) is 12.2 Å². The standard InChI is InChI=1S/C16H28O2Si/c1-15(2,3)19(5,6)18-13-8-7-11-12-9-10-16(4,17-12)14(11)13/h7-8,11-14H,9-10H2,1-6H3/t11-,12+,13+,14+,16-/m1/s1. The van der Waals surface area contributed by atoms with Gasteiger partial charge in [0.1, 0.15) is 0 Å². The summed E-state index contributed by atoms with van der Waals surface area (Å²) < 4.78 is 12.9. The maximum atomic E-state index is 6.67. The smallest absolute Gasteiger partial charge is 0.192 e. The topological polar surface area (TPSA) is 18.5 Å². The van der Waals surface area contributed by atoms with E-state index in [9.17, 15) is 0 Å². The third kappa shape index (κ3) is 1.97. The summed E-state index contributed by atoms with van der Waals surface area (Å²) in [5.74, 6) is 1.16. The molecule has 0 aromatic rings. The Bertz CT molecular complexity index is 409. The van der Waals surface area contributed by atoms with Gasteiger partial charge in [-0.05, 0) is 37.9 Å². The van der Waals surface area contributed by atoms with E-state index in [2.05, 4.69) is 52.9 Å². The van der Waals surface area contributed by atoms with E-state index >= 15 is 0 Å². The second-order valence-electron chi connectivity index (χ2n) is 8.34. The summed E-state index contributed by atoms with van der Waals surface area (Å²) in [5, 5.41) is 0.276. The van der Waals surface area contributed by atoms with Crippen LogP contribution >= 0.6 is 0 Å². The highest BCUT2D eigenvalue weighted by Crippen LogP contribution is 2.56. The molecule has 0 radical (unpaired) electrons. The monoisotopic (exact) mass is 280 g/mol. The zero-order valence-corrected chi connectivity index (χ0v) is 14.2. The lowest BCUT2D eigenvalue weighted by Gasteiger charge is -2.42. The molecular formula is C16H28O2Si. The summed E-state index contributed by atoms with van der Waals surface area (Å²) in [6.07, 6.45) is 7.87. The van der Waals surface area contributed by atoms with Crippen molar-refractivity contribution in [3.63, 3.8) is 0 Å². The lowest BCUT2D eigenvalue weighted by molar-refractivity contribution is -0.0160. The van der Waals surface area contributed by atoms with Gasteiger partial charge in [-0.1, -0.05) is 32.9 Å². The van der Waals surface area contributed by atoms with Crippen LogP contribution in [-0.2, 0) is 9.16 Å². The molecule has 2 fully saturated rings. The van der Waals surface area contributed by atoms with Crippen LogP contribution in [0, 0.1) is 11.8 Å². The minimum atomic E-state index is -1.70. The molecule has 3 aliphatic rings. The maximum absolute atomic E-state index is 6.67. The normalized spacial score (nSPS) is 44.9. The second kappa shape index (κ2) is 3.96. The van der Waals surface area contributed by atoms with Crippen molar-refractivity contribution in [3.05, 3.63) is 12.2 Å². The van der Waals surface area contributed by atoms with E-state index in [1.165, 1.54) is 12.8 Å². The van der Waals surface area contributed by atoms with E-state index in [0.717, 1.165) is 0 Å². The van der Waals surface area contributed by atoms with Gasteiger partial charge in [0.25, 0.3) is 0 Å². The molecule has 2 nitrogen and oxygen atoms in total. The molecular weight excluding hydrogens is 252 g/mol. The van der Waals surface area contributed by atoms with Crippen LogP contribution in [0.5, 0.6) is 0 Å². The lowest BCUT2D eigenvalue weighted by atomic mass is 9.73. The first-order valence-electron chi connectivity index (χ1n) is 7.68. The maximum Gasteiger partial charge on any atom is 0.192 e. The predicted octanol–water partition coefficient (Wildman–Crippen LogP) is 4.13. The fraction of sp³-hybridized carbons (Fsp3) is 0.875. The van der Waals surface area contributed by atoms with Gasteiger partial charge < -0.3 is 9.16 Å². The number of hydrogen-bond donors (Lipinski definition) is 0. The van der Waals surface area contributed by atoms with Crippen molar-refractivity contribution in [1.82, 2.24) is 0 Å². The van der Waals surface area contributed by atoms with E-state index < -0.39 is 8.32 Å². The van der Waals surface area contributed by atoms with Gasteiger partial charge in [0.15, 0.2) is 8.32 Å². The van der Waals surface area contributed by atoms with E-state index in [1.807, 2.05) is 0 Å². The van der Waals surface area contributed by atoms with E-state index in [-0.39, 0.29) is 16.7 Å². The Balaban J connectivity index is 1.79. The van der Waals surface area contributed by atoms with Crippen molar-refractivity contribution in [1.29, 1.82) is 0 Å². The van der Waals surface area contributed by atoms with Crippen LogP contribution in [0.4, 0.5) is 0 Å². The third-order valence-electron chi connectivity index (χ3n) is 6.01. The molecule has 3 heteroatoms. The van der Waals surface area contributed by atoms with Crippen LogP contribution in [0.25, 0.3) is 0 Å².